The first-order chi connectivity index (χ1) is 6.70. The minimum absolute atomic E-state index is 0.165. The van der Waals surface area contributed by atoms with Crippen molar-refractivity contribution in [2.45, 2.75) is 0 Å². The molecule has 0 saturated carbocycles. The number of halogens is 1. The van der Waals surface area contributed by atoms with Crippen LogP contribution in [0.5, 0.6) is 0 Å². The molecule has 0 bridgehead atoms. The van der Waals surface area contributed by atoms with Gasteiger partial charge in [0.25, 0.3) is 0 Å². The maximum Gasteiger partial charge on any atom is 0.358 e. The van der Waals surface area contributed by atoms with E-state index in [1.165, 1.54) is 36.0 Å². The molecule has 0 spiro atoms. The lowest BCUT2D eigenvalue weighted by molar-refractivity contribution is 0.0595. The molecule has 2 aromatic rings. The molecule has 14 heavy (non-hydrogen) atoms. The lowest BCUT2D eigenvalue weighted by Gasteiger charge is -1.90. The second-order valence-corrected chi connectivity index (χ2v) is 2.73. The van der Waals surface area contributed by atoms with Gasteiger partial charge in [-0.2, -0.15) is 0 Å². The van der Waals surface area contributed by atoms with Crippen LogP contribution in [0.25, 0.3) is 5.65 Å². The summed E-state index contributed by atoms with van der Waals surface area (Å²) in [4.78, 5) is 15.0. The first-order valence-corrected chi connectivity index (χ1v) is 3.93. The fraction of sp³-hybridized carbons (Fsp3) is 0.111. The van der Waals surface area contributed by atoms with Gasteiger partial charge >= 0.3 is 5.97 Å². The molecule has 72 valence electrons. The van der Waals surface area contributed by atoms with E-state index in [-0.39, 0.29) is 11.5 Å². The fourth-order valence-electron chi connectivity index (χ4n) is 1.17. The molecule has 0 aliphatic carbocycles. The number of hydrogen-bond donors (Lipinski definition) is 0. The van der Waals surface area contributed by atoms with E-state index < -0.39 is 5.97 Å². The highest BCUT2D eigenvalue weighted by Gasteiger charge is 2.10. The topological polar surface area (TPSA) is 43.6 Å². The zero-order chi connectivity index (χ0) is 10.1. The van der Waals surface area contributed by atoms with Crippen LogP contribution in [0.4, 0.5) is 4.39 Å². The lowest BCUT2D eigenvalue weighted by Crippen LogP contribution is -2.00. The number of carbonyl (C=O) groups excluding carboxylic acids is 1. The van der Waals surface area contributed by atoms with Gasteiger partial charge in [-0.05, 0) is 12.1 Å². The number of pyridine rings is 1. The fourth-order valence-corrected chi connectivity index (χ4v) is 1.17. The third-order valence-corrected chi connectivity index (χ3v) is 1.81. The van der Waals surface area contributed by atoms with Gasteiger partial charge in [-0.3, -0.25) is 0 Å². The van der Waals surface area contributed by atoms with Crippen molar-refractivity contribution in [1.82, 2.24) is 9.38 Å². The average molecular weight is 194 g/mol. The van der Waals surface area contributed by atoms with Crippen LogP contribution < -0.4 is 0 Å². The molecular formula is C9H7FN2O2. The average Bonchev–Trinajstić information content (AvgIpc) is 2.59. The molecule has 0 fully saturated rings. The van der Waals surface area contributed by atoms with Crippen molar-refractivity contribution in [2.75, 3.05) is 7.11 Å². The first-order valence-electron chi connectivity index (χ1n) is 3.93. The van der Waals surface area contributed by atoms with Crippen LogP contribution >= 0.6 is 0 Å². The van der Waals surface area contributed by atoms with Crippen molar-refractivity contribution >= 4 is 11.6 Å². The van der Waals surface area contributed by atoms with Crippen LogP contribution in [0.1, 0.15) is 10.5 Å². The van der Waals surface area contributed by atoms with E-state index >= 15 is 0 Å². The Kier molecular flexibility index (Phi) is 1.92. The maximum absolute atomic E-state index is 12.8. The molecule has 2 rings (SSSR count). The molecule has 2 aromatic heterocycles. The predicted octanol–water partition coefficient (Wildman–Crippen LogP) is 1.26. The SMILES string of the molecule is COC(=O)c1cn2cc(F)ccc2n1. The van der Waals surface area contributed by atoms with E-state index in [0.717, 1.165) is 0 Å². The van der Waals surface area contributed by atoms with Gasteiger partial charge in [-0.1, -0.05) is 0 Å². The zero-order valence-corrected chi connectivity index (χ0v) is 7.40. The van der Waals surface area contributed by atoms with Crippen molar-refractivity contribution in [3.05, 3.63) is 36.0 Å². The Morgan fingerprint density at radius 3 is 3.00 bits per heavy atom. The quantitative estimate of drug-likeness (QED) is 0.642. The molecule has 0 aromatic carbocycles. The molecule has 0 N–H and O–H groups in total. The summed E-state index contributed by atoms with van der Waals surface area (Å²) in [5.41, 5.74) is 0.671. The monoisotopic (exact) mass is 194 g/mol. The number of fused-ring (bicyclic) bond motifs is 1. The predicted molar refractivity (Wildman–Crippen MR) is 46.5 cm³/mol. The van der Waals surface area contributed by atoms with Crippen molar-refractivity contribution in [3.63, 3.8) is 0 Å². The molecule has 0 aliphatic rings. The van der Waals surface area contributed by atoms with Crippen LogP contribution in [0.15, 0.2) is 24.5 Å². The minimum atomic E-state index is -0.533. The molecule has 0 unspecified atom stereocenters. The summed E-state index contributed by atoms with van der Waals surface area (Å²) in [5.74, 6) is -0.916. The van der Waals surface area contributed by atoms with Gasteiger partial charge in [0, 0.05) is 12.4 Å². The summed E-state index contributed by atoms with van der Waals surface area (Å²) >= 11 is 0. The van der Waals surface area contributed by atoms with E-state index in [2.05, 4.69) is 9.72 Å². The van der Waals surface area contributed by atoms with Crippen molar-refractivity contribution in [2.24, 2.45) is 0 Å². The molecular weight excluding hydrogens is 187 g/mol. The Hall–Kier alpha value is -1.91. The van der Waals surface area contributed by atoms with E-state index in [9.17, 15) is 9.18 Å². The van der Waals surface area contributed by atoms with Crippen LogP contribution in [-0.2, 0) is 4.74 Å². The van der Waals surface area contributed by atoms with Crippen molar-refractivity contribution in [1.29, 1.82) is 0 Å². The molecule has 0 radical (unpaired) electrons. The Labute approximate surface area is 78.9 Å². The lowest BCUT2D eigenvalue weighted by atomic mass is 10.5. The Bertz CT molecular complexity index is 493. The Morgan fingerprint density at radius 1 is 1.50 bits per heavy atom. The number of rotatable bonds is 1. The van der Waals surface area contributed by atoms with E-state index in [1.807, 2.05) is 0 Å². The zero-order valence-electron chi connectivity index (χ0n) is 7.40. The number of imidazole rings is 1. The number of ether oxygens (including phenoxy) is 1. The summed E-state index contributed by atoms with van der Waals surface area (Å²) in [6, 6.07) is 2.77. The number of esters is 1. The van der Waals surface area contributed by atoms with Gasteiger partial charge in [0.05, 0.1) is 7.11 Å². The molecule has 0 saturated heterocycles. The third kappa shape index (κ3) is 1.32. The second-order valence-electron chi connectivity index (χ2n) is 2.73. The van der Waals surface area contributed by atoms with E-state index in [1.54, 1.807) is 0 Å². The third-order valence-electron chi connectivity index (χ3n) is 1.81. The smallest absolute Gasteiger partial charge is 0.358 e. The van der Waals surface area contributed by atoms with Crippen molar-refractivity contribution < 1.29 is 13.9 Å². The number of hydrogen-bond acceptors (Lipinski definition) is 3. The largest absolute Gasteiger partial charge is 0.464 e. The summed E-state index contributed by atoms with van der Waals surface area (Å²) in [7, 11) is 1.27. The van der Waals surface area contributed by atoms with Gasteiger partial charge in [0.2, 0.25) is 0 Å². The van der Waals surface area contributed by atoms with Gasteiger partial charge < -0.3 is 9.14 Å². The molecule has 0 amide bonds. The number of methoxy groups -OCH3 is 1. The van der Waals surface area contributed by atoms with Gasteiger partial charge in [-0.25, -0.2) is 14.2 Å². The highest BCUT2D eigenvalue weighted by molar-refractivity contribution is 5.87. The van der Waals surface area contributed by atoms with Crippen LogP contribution in [0.3, 0.4) is 0 Å². The van der Waals surface area contributed by atoms with Gasteiger partial charge in [0.1, 0.15) is 11.5 Å². The maximum atomic E-state index is 12.8. The number of carbonyl (C=O) groups is 1. The Morgan fingerprint density at radius 2 is 2.29 bits per heavy atom. The van der Waals surface area contributed by atoms with Gasteiger partial charge in [0.15, 0.2) is 5.69 Å². The van der Waals surface area contributed by atoms with Crippen molar-refractivity contribution in [3.8, 4) is 0 Å². The van der Waals surface area contributed by atoms with Crippen LogP contribution in [0.2, 0.25) is 0 Å². The van der Waals surface area contributed by atoms with E-state index in [4.69, 9.17) is 0 Å². The molecule has 2 heterocycles. The summed E-state index contributed by atoms with van der Waals surface area (Å²) < 4.78 is 18.7. The second kappa shape index (κ2) is 3.10. The summed E-state index contributed by atoms with van der Waals surface area (Å²) in [6.07, 6.45) is 2.67. The number of aromatic nitrogens is 2. The molecule has 0 atom stereocenters. The van der Waals surface area contributed by atoms with E-state index in [0.29, 0.717) is 5.65 Å². The number of nitrogens with zero attached hydrogens (tertiary/aromatic N) is 2. The Balaban J connectivity index is 2.56. The molecule has 4 nitrogen and oxygen atoms in total. The normalized spacial score (nSPS) is 10.4. The first kappa shape index (κ1) is 8.68. The van der Waals surface area contributed by atoms with Gasteiger partial charge in [-0.15, -0.1) is 0 Å². The summed E-state index contributed by atoms with van der Waals surface area (Å²) in [5, 5.41) is 0. The highest BCUT2D eigenvalue weighted by atomic mass is 19.1. The minimum Gasteiger partial charge on any atom is -0.464 e. The summed E-state index contributed by atoms with van der Waals surface area (Å²) in [6.45, 7) is 0. The highest BCUT2D eigenvalue weighted by Crippen LogP contribution is 2.07. The molecule has 5 heteroatoms. The van der Waals surface area contributed by atoms with Crippen LogP contribution in [0, 0.1) is 5.82 Å². The standard InChI is InChI=1S/C9H7FN2O2/c1-14-9(13)7-5-12-4-6(10)2-3-8(12)11-7/h2-5H,1H3. The van der Waals surface area contributed by atoms with Crippen LogP contribution in [-0.4, -0.2) is 22.5 Å². The molecule has 0 aliphatic heterocycles.